The lowest BCUT2D eigenvalue weighted by Crippen LogP contribution is -2.35. The molecule has 98 valence electrons. The predicted octanol–water partition coefficient (Wildman–Crippen LogP) is 3.36. The van der Waals surface area contributed by atoms with Gasteiger partial charge in [-0.2, -0.15) is 0 Å². The van der Waals surface area contributed by atoms with E-state index in [0.29, 0.717) is 0 Å². The molecule has 1 unspecified atom stereocenters. The smallest absolute Gasteiger partial charge is 0.0952 e. The van der Waals surface area contributed by atoms with Crippen LogP contribution in [0.1, 0.15) is 11.7 Å². The normalized spacial score (nSPS) is 20.4. The second kappa shape index (κ2) is 5.55. The molecule has 0 bridgehead atoms. The second-order valence-electron chi connectivity index (χ2n) is 5.11. The highest BCUT2D eigenvalue weighted by atomic mass is 16.5. The van der Waals surface area contributed by atoms with Gasteiger partial charge in [0.15, 0.2) is 0 Å². The Bertz CT molecular complexity index is 521. The van der Waals surface area contributed by atoms with Crippen LogP contribution in [0.5, 0.6) is 0 Å². The predicted molar refractivity (Wildman–Crippen MR) is 78.1 cm³/mol. The minimum absolute atomic E-state index is 0.212. The molecule has 2 nitrogen and oxygen atoms in total. The van der Waals surface area contributed by atoms with Crippen LogP contribution in [0.2, 0.25) is 0 Å². The average molecular weight is 253 g/mol. The Hall–Kier alpha value is -1.64. The van der Waals surface area contributed by atoms with Crippen molar-refractivity contribution < 1.29 is 4.74 Å². The van der Waals surface area contributed by atoms with Crippen molar-refractivity contribution in [2.75, 3.05) is 26.7 Å². The van der Waals surface area contributed by atoms with Gasteiger partial charge in [0.2, 0.25) is 0 Å². The molecule has 0 amide bonds. The Labute approximate surface area is 114 Å². The first-order valence-corrected chi connectivity index (χ1v) is 6.78. The lowest BCUT2D eigenvalue weighted by atomic mass is 10.0. The molecule has 0 saturated carbocycles. The number of hydrogen-bond acceptors (Lipinski definition) is 2. The van der Waals surface area contributed by atoms with E-state index in [1.165, 1.54) is 16.7 Å². The van der Waals surface area contributed by atoms with Crippen LogP contribution in [0.4, 0.5) is 0 Å². The molecule has 0 radical (unpaired) electrons. The topological polar surface area (TPSA) is 12.5 Å². The van der Waals surface area contributed by atoms with Crippen molar-refractivity contribution >= 4 is 0 Å². The van der Waals surface area contributed by atoms with Gasteiger partial charge >= 0.3 is 0 Å². The van der Waals surface area contributed by atoms with Gasteiger partial charge in [-0.25, -0.2) is 0 Å². The minimum Gasteiger partial charge on any atom is -0.371 e. The summed E-state index contributed by atoms with van der Waals surface area (Å²) in [4.78, 5) is 2.32. The van der Waals surface area contributed by atoms with Crippen molar-refractivity contribution in [2.24, 2.45) is 0 Å². The van der Waals surface area contributed by atoms with Crippen molar-refractivity contribution in [2.45, 2.75) is 6.10 Å². The fourth-order valence-corrected chi connectivity index (χ4v) is 2.50. The molecule has 2 aromatic rings. The molecule has 0 N–H and O–H groups in total. The zero-order valence-electron chi connectivity index (χ0n) is 11.3. The van der Waals surface area contributed by atoms with E-state index < -0.39 is 0 Å². The van der Waals surface area contributed by atoms with Crippen molar-refractivity contribution in [3.05, 3.63) is 60.2 Å². The lowest BCUT2D eigenvalue weighted by molar-refractivity contribution is -0.0208. The summed E-state index contributed by atoms with van der Waals surface area (Å²) in [7, 11) is 2.15. The van der Waals surface area contributed by atoms with Gasteiger partial charge in [-0.3, -0.25) is 0 Å². The van der Waals surface area contributed by atoms with E-state index in [2.05, 4.69) is 60.5 Å². The summed E-state index contributed by atoms with van der Waals surface area (Å²) >= 11 is 0. The van der Waals surface area contributed by atoms with Crippen LogP contribution < -0.4 is 0 Å². The summed E-state index contributed by atoms with van der Waals surface area (Å²) in [6.45, 7) is 2.82. The molecule has 1 saturated heterocycles. The van der Waals surface area contributed by atoms with E-state index in [-0.39, 0.29) is 6.10 Å². The highest BCUT2D eigenvalue weighted by Crippen LogP contribution is 2.25. The first-order chi connectivity index (χ1) is 9.33. The van der Waals surface area contributed by atoms with Gasteiger partial charge in [-0.15, -0.1) is 0 Å². The van der Waals surface area contributed by atoms with Crippen LogP contribution >= 0.6 is 0 Å². The Balaban J connectivity index is 1.79. The summed E-state index contributed by atoms with van der Waals surface area (Å²) in [5.41, 5.74) is 3.79. The number of nitrogens with zero attached hydrogens (tertiary/aromatic N) is 1. The van der Waals surface area contributed by atoms with Crippen LogP contribution in [0.3, 0.4) is 0 Å². The molecule has 2 aromatic carbocycles. The van der Waals surface area contributed by atoms with Crippen LogP contribution in [0.25, 0.3) is 11.1 Å². The fourth-order valence-electron chi connectivity index (χ4n) is 2.50. The Morgan fingerprint density at radius 1 is 0.947 bits per heavy atom. The van der Waals surface area contributed by atoms with E-state index in [0.717, 1.165) is 19.7 Å². The first kappa shape index (κ1) is 12.4. The number of likely N-dealkylation sites (N-methyl/N-ethyl adjacent to an activating group) is 1. The number of rotatable bonds is 2. The molecular weight excluding hydrogens is 234 g/mol. The summed E-state index contributed by atoms with van der Waals surface area (Å²) in [6, 6.07) is 19.2. The molecule has 1 aliphatic heterocycles. The lowest BCUT2D eigenvalue weighted by Gasteiger charge is -2.30. The monoisotopic (exact) mass is 253 g/mol. The van der Waals surface area contributed by atoms with E-state index in [1.807, 2.05) is 6.07 Å². The molecule has 0 spiro atoms. The molecule has 19 heavy (non-hydrogen) atoms. The first-order valence-electron chi connectivity index (χ1n) is 6.78. The number of benzene rings is 2. The second-order valence-corrected chi connectivity index (χ2v) is 5.11. The molecular formula is C17H19NO. The Morgan fingerprint density at radius 3 is 2.32 bits per heavy atom. The number of hydrogen-bond donors (Lipinski definition) is 0. The summed E-state index contributed by atoms with van der Waals surface area (Å²) in [6.07, 6.45) is 0.212. The van der Waals surface area contributed by atoms with Crippen molar-refractivity contribution in [1.82, 2.24) is 4.90 Å². The fraction of sp³-hybridized carbons (Fsp3) is 0.294. The molecule has 0 aromatic heterocycles. The molecule has 1 aliphatic rings. The zero-order valence-corrected chi connectivity index (χ0v) is 11.3. The van der Waals surface area contributed by atoms with Gasteiger partial charge < -0.3 is 9.64 Å². The molecule has 1 atom stereocenters. The highest BCUT2D eigenvalue weighted by Gasteiger charge is 2.19. The maximum absolute atomic E-state index is 5.84. The molecule has 1 heterocycles. The molecule has 1 fully saturated rings. The molecule has 3 rings (SSSR count). The number of morpholine rings is 1. The maximum atomic E-state index is 5.84. The van der Waals surface area contributed by atoms with Crippen LogP contribution in [-0.4, -0.2) is 31.6 Å². The zero-order chi connectivity index (χ0) is 13.1. The van der Waals surface area contributed by atoms with Crippen LogP contribution in [0, 0.1) is 0 Å². The van der Waals surface area contributed by atoms with Gasteiger partial charge in [-0.05, 0) is 23.7 Å². The summed E-state index contributed by atoms with van der Waals surface area (Å²) in [5, 5.41) is 0. The average Bonchev–Trinajstić information content (AvgIpc) is 2.48. The SMILES string of the molecule is CN1CCOC(c2ccc(-c3ccccc3)cc2)C1. The maximum Gasteiger partial charge on any atom is 0.0952 e. The van der Waals surface area contributed by atoms with Crippen LogP contribution in [0.15, 0.2) is 54.6 Å². The largest absolute Gasteiger partial charge is 0.371 e. The van der Waals surface area contributed by atoms with E-state index in [4.69, 9.17) is 4.74 Å². The molecule has 0 aliphatic carbocycles. The van der Waals surface area contributed by atoms with E-state index in [1.54, 1.807) is 0 Å². The standard InChI is InChI=1S/C17H19NO/c1-18-11-12-19-17(13-18)16-9-7-15(8-10-16)14-5-3-2-4-6-14/h2-10,17H,11-13H2,1H3. The van der Waals surface area contributed by atoms with Crippen molar-refractivity contribution in [1.29, 1.82) is 0 Å². The van der Waals surface area contributed by atoms with Gasteiger partial charge in [0.25, 0.3) is 0 Å². The van der Waals surface area contributed by atoms with E-state index >= 15 is 0 Å². The Kier molecular flexibility index (Phi) is 3.62. The van der Waals surface area contributed by atoms with Gasteiger partial charge in [0.05, 0.1) is 12.7 Å². The van der Waals surface area contributed by atoms with E-state index in [9.17, 15) is 0 Å². The van der Waals surface area contributed by atoms with Gasteiger partial charge in [0.1, 0.15) is 0 Å². The Morgan fingerprint density at radius 2 is 1.63 bits per heavy atom. The summed E-state index contributed by atoms with van der Waals surface area (Å²) < 4.78 is 5.84. The van der Waals surface area contributed by atoms with Crippen molar-refractivity contribution in [3.8, 4) is 11.1 Å². The van der Waals surface area contributed by atoms with Gasteiger partial charge in [0, 0.05) is 13.1 Å². The summed E-state index contributed by atoms with van der Waals surface area (Å²) in [5.74, 6) is 0. The quantitative estimate of drug-likeness (QED) is 0.813. The third-order valence-corrected chi connectivity index (χ3v) is 3.66. The highest BCUT2D eigenvalue weighted by molar-refractivity contribution is 5.63. The third kappa shape index (κ3) is 2.86. The van der Waals surface area contributed by atoms with Crippen LogP contribution in [-0.2, 0) is 4.74 Å². The molecule has 2 heteroatoms. The van der Waals surface area contributed by atoms with Gasteiger partial charge in [-0.1, -0.05) is 54.6 Å². The minimum atomic E-state index is 0.212. The van der Waals surface area contributed by atoms with Crippen molar-refractivity contribution in [3.63, 3.8) is 0 Å². The third-order valence-electron chi connectivity index (χ3n) is 3.66. The number of ether oxygens (including phenoxy) is 1.